The highest BCUT2D eigenvalue weighted by Crippen LogP contribution is 2.19. The molecule has 1 amide bonds. The number of nitrogens with one attached hydrogen (secondary N) is 1. The Morgan fingerprint density at radius 3 is 2.54 bits per heavy atom. The molecule has 0 fully saturated rings. The number of amides is 1. The van der Waals surface area contributed by atoms with Crippen molar-refractivity contribution >= 4 is 12.0 Å². The third-order valence-electron chi connectivity index (χ3n) is 4.10. The summed E-state index contributed by atoms with van der Waals surface area (Å²) in [5.74, 6) is 0.534. The van der Waals surface area contributed by atoms with Crippen LogP contribution in [0, 0.1) is 0 Å². The predicted octanol–water partition coefficient (Wildman–Crippen LogP) is 2.75. The van der Waals surface area contributed by atoms with E-state index in [1.807, 2.05) is 54.6 Å². The first-order valence-corrected chi connectivity index (χ1v) is 8.89. The Kier molecular flexibility index (Phi) is 6.36. The number of nitrogens with zero attached hydrogens (tertiary/aromatic N) is 2. The SMILES string of the molecule is COc1ccc(-c2ccc(=O)n(CCNC(=O)/C=C/c3ccccc3)n2)cc1. The van der Waals surface area contributed by atoms with Gasteiger partial charge in [0.25, 0.3) is 5.56 Å². The third kappa shape index (κ3) is 5.17. The van der Waals surface area contributed by atoms with E-state index in [9.17, 15) is 9.59 Å². The number of carbonyl (C=O) groups excluding carboxylic acids is 1. The van der Waals surface area contributed by atoms with Crippen molar-refractivity contribution in [3.8, 4) is 17.0 Å². The summed E-state index contributed by atoms with van der Waals surface area (Å²) in [6.07, 6.45) is 3.21. The van der Waals surface area contributed by atoms with Crippen molar-refractivity contribution in [1.29, 1.82) is 0 Å². The maximum absolute atomic E-state index is 12.0. The largest absolute Gasteiger partial charge is 0.497 e. The molecule has 6 heteroatoms. The van der Waals surface area contributed by atoms with Crippen LogP contribution in [-0.2, 0) is 11.3 Å². The lowest BCUT2D eigenvalue weighted by molar-refractivity contribution is -0.116. The van der Waals surface area contributed by atoms with Gasteiger partial charge in [0.2, 0.25) is 5.91 Å². The molecule has 6 nitrogen and oxygen atoms in total. The number of benzene rings is 2. The van der Waals surface area contributed by atoms with Gasteiger partial charge in [0, 0.05) is 24.3 Å². The molecule has 2 aromatic carbocycles. The lowest BCUT2D eigenvalue weighted by Crippen LogP contribution is -2.31. The van der Waals surface area contributed by atoms with Crippen LogP contribution >= 0.6 is 0 Å². The van der Waals surface area contributed by atoms with Gasteiger partial charge in [-0.2, -0.15) is 5.10 Å². The highest BCUT2D eigenvalue weighted by molar-refractivity contribution is 5.91. The van der Waals surface area contributed by atoms with Crippen molar-refractivity contribution in [1.82, 2.24) is 15.1 Å². The van der Waals surface area contributed by atoms with Gasteiger partial charge in [-0.05, 0) is 42.0 Å². The first kappa shape index (κ1) is 19.1. The molecule has 0 unspecified atom stereocenters. The van der Waals surface area contributed by atoms with Crippen LogP contribution in [0.5, 0.6) is 5.75 Å². The first-order chi connectivity index (χ1) is 13.7. The highest BCUT2D eigenvalue weighted by atomic mass is 16.5. The molecule has 1 heterocycles. The summed E-state index contributed by atoms with van der Waals surface area (Å²) in [4.78, 5) is 24.0. The molecule has 1 N–H and O–H groups in total. The minimum absolute atomic E-state index is 0.216. The Labute approximate surface area is 163 Å². The number of hydrogen-bond donors (Lipinski definition) is 1. The zero-order chi connectivity index (χ0) is 19.8. The molecule has 3 aromatic rings. The topological polar surface area (TPSA) is 73.2 Å². The fourth-order valence-corrected chi connectivity index (χ4v) is 2.60. The Bertz CT molecular complexity index is 1010. The van der Waals surface area contributed by atoms with Crippen molar-refractivity contribution in [2.24, 2.45) is 0 Å². The quantitative estimate of drug-likeness (QED) is 0.645. The molecule has 0 aliphatic carbocycles. The van der Waals surface area contributed by atoms with E-state index in [1.54, 1.807) is 19.3 Å². The van der Waals surface area contributed by atoms with Crippen molar-refractivity contribution in [2.45, 2.75) is 6.54 Å². The normalized spacial score (nSPS) is 10.8. The van der Waals surface area contributed by atoms with Crippen molar-refractivity contribution in [3.05, 3.63) is 88.7 Å². The lowest BCUT2D eigenvalue weighted by Gasteiger charge is -2.08. The van der Waals surface area contributed by atoms with Gasteiger partial charge in [0.15, 0.2) is 0 Å². The average Bonchev–Trinajstić information content (AvgIpc) is 2.74. The summed E-state index contributed by atoms with van der Waals surface area (Å²) < 4.78 is 6.50. The van der Waals surface area contributed by atoms with Gasteiger partial charge in [-0.3, -0.25) is 9.59 Å². The minimum atomic E-state index is -0.219. The fraction of sp³-hybridized carbons (Fsp3) is 0.136. The maximum atomic E-state index is 12.0. The molecular formula is C22H21N3O3. The standard InChI is InChI=1S/C22H21N3O3/c1-28-19-10-8-18(9-11-19)20-12-14-22(27)25(24-20)16-15-23-21(26)13-7-17-5-3-2-4-6-17/h2-14H,15-16H2,1H3,(H,23,26)/b13-7+. The van der Waals surface area contributed by atoms with Gasteiger partial charge < -0.3 is 10.1 Å². The lowest BCUT2D eigenvalue weighted by atomic mass is 10.1. The molecule has 142 valence electrons. The van der Waals surface area contributed by atoms with Gasteiger partial charge in [-0.15, -0.1) is 0 Å². The van der Waals surface area contributed by atoms with Crippen LogP contribution in [0.4, 0.5) is 0 Å². The highest BCUT2D eigenvalue weighted by Gasteiger charge is 2.04. The van der Waals surface area contributed by atoms with E-state index in [2.05, 4.69) is 10.4 Å². The molecule has 0 saturated heterocycles. The fourth-order valence-electron chi connectivity index (χ4n) is 2.60. The van der Waals surface area contributed by atoms with Crippen molar-refractivity contribution in [3.63, 3.8) is 0 Å². The predicted molar refractivity (Wildman–Crippen MR) is 109 cm³/mol. The first-order valence-electron chi connectivity index (χ1n) is 8.89. The molecule has 0 saturated carbocycles. The van der Waals surface area contributed by atoms with Gasteiger partial charge in [-0.1, -0.05) is 30.3 Å². The smallest absolute Gasteiger partial charge is 0.266 e. The van der Waals surface area contributed by atoms with Crippen LogP contribution < -0.4 is 15.6 Å². The number of methoxy groups -OCH3 is 1. The Balaban J connectivity index is 1.60. The van der Waals surface area contributed by atoms with E-state index in [0.29, 0.717) is 12.2 Å². The molecule has 0 spiro atoms. The number of carbonyl (C=O) groups is 1. The molecule has 1 aromatic heterocycles. The van der Waals surface area contributed by atoms with Crippen LogP contribution in [0.2, 0.25) is 0 Å². The minimum Gasteiger partial charge on any atom is -0.497 e. The molecule has 0 aliphatic rings. The van der Waals surface area contributed by atoms with Gasteiger partial charge >= 0.3 is 0 Å². The van der Waals surface area contributed by atoms with Gasteiger partial charge in [0.1, 0.15) is 5.75 Å². The summed E-state index contributed by atoms with van der Waals surface area (Å²) in [6.45, 7) is 0.588. The second-order valence-corrected chi connectivity index (χ2v) is 6.04. The molecule has 3 rings (SSSR count). The van der Waals surface area contributed by atoms with E-state index >= 15 is 0 Å². The molecule has 28 heavy (non-hydrogen) atoms. The Morgan fingerprint density at radius 1 is 1.07 bits per heavy atom. The second-order valence-electron chi connectivity index (χ2n) is 6.04. The Hall–Kier alpha value is -3.67. The van der Waals surface area contributed by atoms with E-state index in [4.69, 9.17) is 4.74 Å². The molecule has 0 radical (unpaired) electrons. The van der Waals surface area contributed by atoms with E-state index in [0.717, 1.165) is 16.9 Å². The number of ether oxygens (including phenoxy) is 1. The third-order valence-corrected chi connectivity index (χ3v) is 4.10. The zero-order valence-corrected chi connectivity index (χ0v) is 15.5. The summed E-state index contributed by atoms with van der Waals surface area (Å²) >= 11 is 0. The number of rotatable bonds is 7. The summed E-state index contributed by atoms with van der Waals surface area (Å²) in [7, 11) is 1.61. The van der Waals surface area contributed by atoms with Crippen LogP contribution in [0.15, 0.2) is 77.6 Å². The van der Waals surface area contributed by atoms with E-state index < -0.39 is 0 Å². The molecular weight excluding hydrogens is 354 g/mol. The second kappa shape index (κ2) is 9.32. The van der Waals surface area contributed by atoms with Crippen molar-refractivity contribution in [2.75, 3.05) is 13.7 Å². The van der Waals surface area contributed by atoms with E-state index in [1.165, 1.54) is 16.8 Å². The van der Waals surface area contributed by atoms with Gasteiger partial charge in [0.05, 0.1) is 19.3 Å². The summed E-state index contributed by atoms with van der Waals surface area (Å²) in [5, 5.41) is 7.14. The Morgan fingerprint density at radius 2 is 1.82 bits per heavy atom. The molecule has 0 bridgehead atoms. The zero-order valence-electron chi connectivity index (χ0n) is 15.5. The maximum Gasteiger partial charge on any atom is 0.266 e. The average molecular weight is 375 g/mol. The van der Waals surface area contributed by atoms with Crippen LogP contribution in [0.1, 0.15) is 5.56 Å². The van der Waals surface area contributed by atoms with Crippen LogP contribution in [0.3, 0.4) is 0 Å². The summed E-state index contributed by atoms with van der Waals surface area (Å²) in [5.41, 5.74) is 2.29. The number of hydrogen-bond acceptors (Lipinski definition) is 4. The monoisotopic (exact) mass is 375 g/mol. The van der Waals surface area contributed by atoms with E-state index in [-0.39, 0.29) is 18.0 Å². The summed E-state index contributed by atoms with van der Waals surface area (Å²) in [6, 6.07) is 20.2. The molecule has 0 atom stereocenters. The number of aromatic nitrogens is 2. The van der Waals surface area contributed by atoms with Crippen LogP contribution in [-0.4, -0.2) is 29.3 Å². The van der Waals surface area contributed by atoms with Crippen molar-refractivity contribution < 1.29 is 9.53 Å². The molecule has 0 aliphatic heterocycles. The van der Waals surface area contributed by atoms with Crippen LogP contribution in [0.25, 0.3) is 17.3 Å². The van der Waals surface area contributed by atoms with Gasteiger partial charge in [-0.25, -0.2) is 4.68 Å².